The maximum Gasteiger partial charge on any atom is 0.125 e. The molecule has 0 aliphatic carbocycles. The average Bonchev–Trinajstić information content (AvgIpc) is 2.27. The van der Waals surface area contributed by atoms with Crippen LogP contribution >= 0.6 is 11.6 Å². The normalized spacial score (nSPS) is 15.1. The van der Waals surface area contributed by atoms with Crippen molar-refractivity contribution in [3.63, 3.8) is 0 Å². The van der Waals surface area contributed by atoms with Crippen molar-refractivity contribution in [3.05, 3.63) is 28.8 Å². The van der Waals surface area contributed by atoms with Gasteiger partial charge in [-0.3, -0.25) is 0 Å². The number of methoxy groups -OCH3 is 1. The molecule has 3 nitrogen and oxygen atoms in total. The van der Waals surface area contributed by atoms with Gasteiger partial charge in [-0.15, -0.1) is 0 Å². The number of benzene rings is 1. The lowest BCUT2D eigenvalue weighted by Gasteiger charge is -2.28. The Hall–Kier alpha value is -0.770. The summed E-state index contributed by atoms with van der Waals surface area (Å²) >= 11 is 6.00. The van der Waals surface area contributed by atoms with Crippen LogP contribution in [0.5, 0.6) is 5.75 Å². The van der Waals surface area contributed by atoms with Crippen molar-refractivity contribution >= 4 is 11.6 Å². The van der Waals surface area contributed by atoms with Crippen LogP contribution in [0.4, 0.5) is 0 Å². The van der Waals surface area contributed by atoms with Gasteiger partial charge >= 0.3 is 0 Å². The fraction of sp³-hybridized carbons (Fsp3) is 0.600. The zero-order valence-electron chi connectivity index (χ0n) is 12.4. The van der Waals surface area contributed by atoms with E-state index in [1.807, 2.05) is 0 Å². The van der Waals surface area contributed by atoms with Gasteiger partial charge in [0, 0.05) is 16.1 Å². The summed E-state index contributed by atoms with van der Waals surface area (Å²) in [6, 6.07) is 5.30. The molecule has 0 aromatic heterocycles. The lowest BCUT2D eigenvalue weighted by molar-refractivity contribution is 0.0439. The molecule has 2 N–H and O–H groups in total. The van der Waals surface area contributed by atoms with Crippen LogP contribution in [0, 0.1) is 0 Å². The van der Waals surface area contributed by atoms with Crippen molar-refractivity contribution in [1.29, 1.82) is 0 Å². The summed E-state index contributed by atoms with van der Waals surface area (Å²) in [7, 11) is 1.59. The summed E-state index contributed by atoms with van der Waals surface area (Å²) in [4.78, 5) is 0. The molecule has 0 aliphatic rings. The summed E-state index contributed by atoms with van der Waals surface area (Å²) < 4.78 is 5.29. The van der Waals surface area contributed by atoms with E-state index in [0.717, 1.165) is 5.56 Å². The summed E-state index contributed by atoms with van der Waals surface area (Å²) in [5.41, 5.74) is -0.221. The molecule has 1 aromatic rings. The van der Waals surface area contributed by atoms with Crippen molar-refractivity contribution < 1.29 is 9.84 Å². The van der Waals surface area contributed by atoms with Gasteiger partial charge in [0.1, 0.15) is 5.75 Å². The molecule has 4 heteroatoms. The molecule has 19 heavy (non-hydrogen) atoms. The molecule has 0 fully saturated rings. The first kappa shape index (κ1) is 16.3. The van der Waals surface area contributed by atoms with Gasteiger partial charge in [0.25, 0.3) is 0 Å². The fourth-order valence-corrected chi connectivity index (χ4v) is 2.09. The second kappa shape index (κ2) is 6.12. The van der Waals surface area contributed by atoms with Gasteiger partial charge in [-0.25, -0.2) is 0 Å². The van der Waals surface area contributed by atoms with Crippen LogP contribution in [0.15, 0.2) is 18.2 Å². The van der Waals surface area contributed by atoms with E-state index in [4.69, 9.17) is 16.3 Å². The predicted octanol–water partition coefficient (Wildman–Crippen LogP) is 3.33. The molecule has 0 saturated heterocycles. The van der Waals surface area contributed by atoms with Crippen LogP contribution in [0.2, 0.25) is 5.02 Å². The van der Waals surface area contributed by atoms with E-state index in [1.54, 1.807) is 32.2 Å². The highest BCUT2D eigenvalue weighted by molar-refractivity contribution is 6.30. The Labute approximate surface area is 120 Å². The summed E-state index contributed by atoms with van der Waals surface area (Å²) in [5.74, 6) is 0.658. The van der Waals surface area contributed by atoms with Gasteiger partial charge in [0.2, 0.25) is 0 Å². The molecule has 0 aliphatic heterocycles. The third-order valence-electron chi connectivity index (χ3n) is 3.01. The molecule has 1 rings (SSSR count). The minimum absolute atomic E-state index is 0.0362. The van der Waals surface area contributed by atoms with Crippen molar-refractivity contribution in [3.8, 4) is 5.75 Å². The smallest absolute Gasteiger partial charge is 0.125 e. The van der Waals surface area contributed by atoms with Crippen LogP contribution in [-0.4, -0.2) is 24.3 Å². The number of halogens is 1. The molecule has 0 spiro atoms. The standard InChI is InChI=1S/C15H24ClNO2/c1-14(2,3)17-9-8-15(4,18)12-10-11(16)6-7-13(12)19-5/h6-7,10,17-18H,8-9H2,1-5H3. The van der Waals surface area contributed by atoms with E-state index in [0.29, 0.717) is 23.7 Å². The highest BCUT2D eigenvalue weighted by Crippen LogP contribution is 2.34. The highest BCUT2D eigenvalue weighted by atomic mass is 35.5. The third-order valence-corrected chi connectivity index (χ3v) is 3.24. The molecule has 0 radical (unpaired) electrons. The zero-order valence-corrected chi connectivity index (χ0v) is 13.1. The zero-order chi connectivity index (χ0) is 14.7. The number of hydrogen-bond acceptors (Lipinski definition) is 3. The Balaban J connectivity index is 2.84. The fourth-order valence-electron chi connectivity index (χ4n) is 1.92. The van der Waals surface area contributed by atoms with Gasteiger partial charge in [0.05, 0.1) is 12.7 Å². The SMILES string of the molecule is COc1ccc(Cl)cc1C(C)(O)CCNC(C)(C)C. The Morgan fingerprint density at radius 3 is 2.42 bits per heavy atom. The molecule has 0 amide bonds. The number of hydrogen-bond donors (Lipinski definition) is 2. The molecular weight excluding hydrogens is 262 g/mol. The second-order valence-electron chi connectivity index (χ2n) is 6.05. The molecule has 0 saturated carbocycles. The number of aliphatic hydroxyl groups is 1. The number of nitrogens with one attached hydrogen (secondary N) is 1. The molecule has 0 bridgehead atoms. The average molecular weight is 286 g/mol. The first-order valence-electron chi connectivity index (χ1n) is 6.47. The lowest BCUT2D eigenvalue weighted by atomic mass is 9.91. The largest absolute Gasteiger partial charge is 0.496 e. The first-order chi connectivity index (χ1) is 8.65. The van der Waals surface area contributed by atoms with Crippen molar-refractivity contribution in [2.24, 2.45) is 0 Å². The predicted molar refractivity (Wildman–Crippen MR) is 79.9 cm³/mol. The van der Waals surface area contributed by atoms with E-state index in [1.165, 1.54) is 0 Å². The number of ether oxygens (including phenoxy) is 1. The molecule has 1 aromatic carbocycles. The summed E-state index contributed by atoms with van der Waals surface area (Å²) in [6.07, 6.45) is 0.584. The van der Waals surface area contributed by atoms with Crippen molar-refractivity contribution in [2.45, 2.75) is 45.3 Å². The molecule has 1 unspecified atom stereocenters. The topological polar surface area (TPSA) is 41.5 Å². The monoisotopic (exact) mass is 285 g/mol. The van der Waals surface area contributed by atoms with Gasteiger partial charge in [-0.2, -0.15) is 0 Å². The van der Waals surface area contributed by atoms with Gasteiger partial charge < -0.3 is 15.2 Å². The maximum atomic E-state index is 10.6. The van der Waals surface area contributed by atoms with E-state index >= 15 is 0 Å². The van der Waals surface area contributed by atoms with E-state index in [-0.39, 0.29) is 5.54 Å². The molecular formula is C15H24ClNO2. The van der Waals surface area contributed by atoms with Crippen LogP contribution in [0.25, 0.3) is 0 Å². The van der Waals surface area contributed by atoms with E-state index < -0.39 is 5.60 Å². The third kappa shape index (κ3) is 5.01. The Kier molecular flexibility index (Phi) is 5.25. The van der Waals surface area contributed by atoms with Crippen LogP contribution in [0.1, 0.15) is 39.7 Å². The van der Waals surface area contributed by atoms with Crippen LogP contribution in [-0.2, 0) is 5.60 Å². The van der Waals surface area contributed by atoms with Crippen molar-refractivity contribution in [2.75, 3.05) is 13.7 Å². The Bertz CT molecular complexity index is 425. The van der Waals surface area contributed by atoms with Crippen LogP contribution < -0.4 is 10.1 Å². The second-order valence-corrected chi connectivity index (χ2v) is 6.48. The minimum atomic E-state index is -0.978. The highest BCUT2D eigenvalue weighted by Gasteiger charge is 2.27. The van der Waals surface area contributed by atoms with Crippen molar-refractivity contribution in [1.82, 2.24) is 5.32 Å². The molecule has 0 heterocycles. The van der Waals surface area contributed by atoms with Gasteiger partial charge in [-0.1, -0.05) is 11.6 Å². The van der Waals surface area contributed by atoms with Crippen LogP contribution in [0.3, 0.4) is 0 Å². The minimum Gasteiger partial charge on any atom is -0.496 e. The number of rotatable bonds is 5. The van der Waals surface area contributed by atoms with E-state index in [2.05, 4.69) is 26.1 Å². The summed E-state index contributed by atoms with van der Waals surface area (Å²) in [5, 5.41) is 14.6. The first-order valence-corrected chi connectivity index (χ1v) is 6.85. The van der Waals surface area contributed by atoms with E-state index in [9.17, 15) is 5.11 Å². The lowest BCUT2D eigenvalue weighted by Crippen LogP contribution is -2.39. The summed E-state index contributed by atoms with van der Waals surface area (Å²) in [6.45, 7) is 8.79. The van der Waals surface area contributed by atoms with Gasteiger partial charge in [-0.05, 0) is 58.9 Å². The Morgan fingerprint density at radius 2 is 1.89 bits per heavy atom. The molecule has 1 atom stereocenters. The Morgan fingerprint density at radius 1 is 1.26 bits per heavy atom. The maximum absolute atomic E-state index is 10.6. The molecule has 108 valence electrons. The van der Waals surface area contributed by atoms with Gasteiger partial charge in [0.15, 0.2) is 0 Å². The quantitative estimate of drug-likeness (QED) is 0.872.